The molecule has 2 rings (SSSR count). The van der Waals surface area contributed by atoms with Crippen molar-refractivity contribution in [3.63, 3.8) is 0 Å². The van der Waals surface area contributed by atoms with E-state index < -0.39 is 5.60 Å². The fourth-order valence-electron chi connectivity index (χ4n) is 2.67. The molecular weight excluding hydrogens is 245 g/mol. The summed E-state index contributed by atoms with van der Waals surface area (Å²) in [6.45, 7) is 0.926. The molecule has 1 aromatic carbocycles. The minimum Gasteiger partial charge on any atom is -0.494 e. The van der Waals surface area contributed by atoms with Crippen molar-refractivity contribution in [2.75, 3.05) is 13.7 Å². The average molecular weight is 267 g/mol. The minimum absolute atomic E-state index is 0.260. The van der Waals surface area contributed by atoms with E-state index in [1.807, 2.05) is 0 Å². The Hall–Kier alpha value is -1.13. The van der Waals surface area contributed by atoms with E-state index in [2.05, 4.69) is 5.32 Å². The molecule has 0 aliphatic heterocycles. The van der Waals surface area contributed by atoms with Crippen LogP contribution in [0.2, 0.25) is 0 Å². The second-order valence-corrected chi connectivity index (χ2v) is 5.32. The van der Waals surface area contributed by atoms with Gasteiger partial charge in [0.2, 0.25) is 0 Å². The van der Waals surface area contributed by atoms with Gasteiger partial charge in [-0.3, -0.25) is 0 Å². The topological polar surface area (TPSA) is 41.5 Å². The summed E-state index contributed by atoms with van der Waals surface area (Å²) < 4.78 is 18.9. The predicted octanol–water partition coefficient (Wildman–Crippen LogP) is 2.62. The molecule has 1 aliphatic carbocycles. The fraction of sp³-hybridized carbons (Fsp3) is 0.600. The molecule has 0 atom stereocenters. The molecule has 106 valence electrons. The van der Waals surface area contributed by atoms with Gasteiger partial charge in [-0.25, -0.2) is 4.39 Å². The molecule has 0 unspecified atom stereocenters. The molecule has 0 radical (unpaired) electrons. The molecule has 0 saturated heterocycles. The van der Waals surface area contributed by atoms with Crippen LogP contribution in [0.3, 0.4) is 0 Å². The molecule has 1 fully saturated rings. The Morgan fingerprint density at radius 2 is 2.05 bits per heavy atom. The van der Waals surface area contributed by atoms with Crippen molar-refractivity contribution in [1.82, 2.24) is 5.32 Å². The first-order chi connectivity index (χ1) is 9.14. The maximum Gasteiger partial charge on any atom is 0.169 e. The van der Waals surface area contributed by atoms with Gasteiger partial charge >= 0.3 is 0 Å². The third-order valence-electron chi connectivity index (χ3n) is 3.82. The van der Waals surface area contributed by atoms with Gasteiger partial charge in [0.05, 0.1) is 12.7 Å². The highest BCUT2D eigenvalue weighted by Gasteiger charge is 2.28. The molecule has 0 spiro atoms. The minimum atomic E-state index is -0.617. The zero-order valence-electron chi connectivity index (χ0n) is 11.4. The van der Waals surface area contributed by atoms with Gasteiger partial charge < -0.3 is 15.2 Å². The second-order valence-electron chi connectivity index (χ2n) is 5.32. The molecule has 1 aromatic rings. The summed E-state index contributed by atoms with van der Waals surface area (Å²) in [6, 6.07) is 5.11. The summed E-state index contributed by atoms with van der Waals surface area (Å²) >= 11 is 0. The summed E-state index contributed by atoms with van der Waals surface area (Å²) in [7, 11) is 1.46. The largest absolute Gasteiger partial charge is 0.494 e. The van der Waals surface area contributed by atoms with E-state index in [-0.39, 0.29) is 11.6 Å². The zero-order valence-corrected chi connectivity index (χ0v) is 11.4. The predicted molar refractivity (Wildman–Crippen MR) is 72.7 cm³/mol. The summed E-state index contributed by atoms with van der Waals surface area (Å²) in [5.74, 6) is -0.0659. The maximum absolute atomic E-state index is 13.9. The van der Waals surface area contributed by atoms with Crippen LogP contribution in [0.5, 0.6) is 5.75 Å². The molecule has 0 aromatic heterocycles. The molecule has 0 amide bonds. The van der Waals surface area contributed by atoms with Gasteiger partial charge in [0.25, 0.3) is 0 Å². The summed E-state index contributed by atoms with van der Waals surface area (Å²) in [4.78, 5) is 0. The van der Waals surface area contributed by atoms with E-state index in [9.17, 15) is 9.50 Å². The highest BCUT2D eigenvalue weighted by Crippen LogP contribution is 2.27. The Bertz CT molecular complexity index is 417. The van der Waals surface area contributed by atoms with Gasteiger partial charge in [-0.05, 0) is 18.9 Å². The molecule has 4 heteroatoms. The quantitative estimate of drug-likeness (QED) is 0.861. The second kappa shape index (κ2) is 6.35. The molecule has 1 saturated carbocycles. The van der Waals surface area contributed by atoms with Gasteiger partial charge in [-0.1, -0.05) is 31.4 Å². The highest BCUT2D eigenvalue weighted by molar-refractivity contribution is 5.30. The molecule has 3 nitrogen and oxygen atoms in total. The first kappa shape index (κ1) is 14.3. The first-order valence-electron chi connectivity index (χ1n) is 6.89. The van der Waals surface area contributed by atoms with E-state index >= 15 is 0 Å². The van der Waals surface area contributed by atoms with E-state index in [1.54, 1.807) is 18.2 Å². The molecule has 0 bridgehead atoms. The number of benzene rings is 1. The molecule has 2 N–H and O–H groups in total. The third kappa shape index (κ3) is 3.67. The Kier molecular flexibility index (Phi) is 4.77. The van der Waals surface area contributed by atoms with Gasteiger partial charge in [0, 0.05) is 18.7 Å². The van der Waals surface area contributed by atoms with Gasteiger partial charge in [0.1, 0.15) is 0 Å². The van der Waals surface area contributed by atoms with Crippen molar-refractivity contribution >= 4 is 0 Å². The van der Waals surface area contributed by atoms with Gasteiger partial charge in [-0.15, -0.1) is 0 Å². The smallest absolute Gasteiger partial charge is 0.169 e. The van der Waals surface area contributed by atoms with Crippen LogP contribution in [0.25, 0.3) is 0 Å². The van der Waals surface area contributed by atoms with E-state index in [0.717, 1.165) is 25.7 Å². The number of hydrogen-bond donors (Lipinski definition) is 2. The van der Waals surface area contributed by atoms with Crippen molar-refractivity contribution in [3.05, 3.63) is 29.6 Å². The number of nitrogens with one attached hydrogen (secondary N) is 1. The lowest BCUT2D eigenvalue weighted by Gasteiger charge is -2.32. The van der Waals surface area contributed by atoms with Crippen LogP contribution < -0.4 is 10.1 Å². The number of halogens is 1. The zero-order chi connectivity index (χ0) is 13.7. The number of methoxy groups -OCH3 is 1. The van der Waals surface area contributed by atoms with Crippen molar-refractivity contribution in [1.29, 1.82) is 0 Å². The van der Waals surface area contributed by atoms with E-state index in [1.165, 1.54) is 13.5 Å². The summed E-state index contributed by atoms with van der Waals surface area (Å²) in [6.07, 6.45) is 5.02. The van der Waals surface area contributed by atoms with Gasteiger partial charge in [0.15, 0.2) is 11.6 Å². The Morgan fingerprint density at radius 1 is 1.32 bits per heavy atom. The van der Waals surface area contributed by atoms with Crippen LogP contribution in [0.15, 0.2) is 18.2 Å². The highest BCUT2D eigenvalue weighted by atomic mass is 19.1. The number of ether oxygens (including phenoxy) is 1. The van der Waals surface area contributed by atoms with Crippen LogP contribution in [-0.4, -0.2) is 24.4 Å². The van der Waals surface area contributed by atoms with Crippen LogP contribution >= 0.6 is 0 Å². The number of rotatable bonds is 5. The Morgan fingerprint density at radius 3 is 2.74 bits per heavy atom. The normalized spacial score (nSPS) is 18.3. The maximum atomic E-state index is 13.9. The fourth-order valence-corrected chi connectivity index (χ4v) is 2.67. The number of hydrogen-bond acceptors (Lipinski definition) is 3. The Labute approximate surface area is 113 Å². The molecular formula is C15H22FNO2. The number of aliphatic hydroxyl groups is 1. The van der Waals surface area contributed by atoms with Crippen molar-refractivity contribution in [2.45, 2.75) is 44.2 Å². The SMILES string of the molecule is COc1cccc(CNCC2(O)CCCCC2)c1F. The van der Waals surface area contributed by atoms with E-state index in [0.29, 0.717) is 18.7 Å². The van der Waals surface area contributed by atoms with Crippen molar-refractivity contribution < 1.29 is 14.2 Å². The van der Waals surface area contributed by atoms with Crippen LogP contribution in [0, 0.1) is 5.82 Å². The average Bonchev–Trinajstić information content (AvgIpc) is 2.41. The summed E-state index contributed by atoms with van der Waals surface area (Å²) in [5, 5.41) is 13.5. The standard InChI is InChI=1S/C15H22FNO2/c1-19-13-7-5-6-12(14(13)16)10-17-11-15(18)8-3-2-4-9-15/h5-7,17-18H,2-4,8-11H2,1H3. The molecule has 19 heavy (non-hydrogen) atoms. The van der Waals surface area contributed by atoms with Crippen molar-refractivity contribution in [2.24, 2.45) is 0 Å². The third-order valence-corrected chi connectivity index (χ3v) is 3.82. The first-order valence-corrected chi connectivity index (χ1v) is 6.89. The van der Waals surface area contributed by atoms with E-state index in [4.69, 9.17) is 4.74 Å². The van der Waals surface area contributed by atoms with Crippen molar-refractivity contribution in [3.8, 4) is 5.75 Å². The monoisotopic (exact) mass is 267 g/mol. The van der Waals surface area contributed by atoms with Crippen LogP contribution in [0.1, 0.15) is 37.7 Å². The molecule has 1 aliphatic rings. The molecule has 0 heterocycles. The summed E-state index contributed by atoms with van der Waals surface area (Å²) in [5.41, 5.74) is -0.0492. The van der Waals surface area contributed by atoms with Crippen LogP contribution in [0.4, 0.5) is 4.39 Å². The lowest BCUT2D eigenvalue weighted by atomic mass is 9.85. The lowest BCUT2D eigenvalue weighted by Crippen LogP contribution is -2.42. The lowest BCUT2D eigenvalue weighted by molar-refractivity contribution is 0.00462. The Balaban J connectivity index is 1.88. The van der Waals surface area contributed by atoms with Crippen LogP contribution in [-0.2, 0) is 6.54 Å². The van der Waals surface area contributed by atoms with Gasteiger partial charge in [-0.2, -0.15) is 0 Å².